The fraction of sp³-hybridized carbons (Fsp3) is 0.571. The van der Waals surface area contributed by atoms with Crippen molar-refractivity contribution >= 4 is 10.0 Å². The van der Waals surface area contributed by atoms with Crippen molar-refractivity contribution in [3.05, 3.63) is 18.2 Å². The largest absolute Gasteiger partial charge is 0.497 e. The number of benzene rings is 1. The second-order valence-electron chi connectivity index (χ2n) is 4.69. The second-order valence-corrected chi connectivity index (χ2v) is 6.42. The van der Waals surface area contributed by atoms with E-state index in [0.29, 0.717) is 25.3 Å². The molecule has 0 saturated heterocycles. The number of rotatable bonds is 9. The van der Waals surface area contributed by atoms with E-state index in [4.69, 9.17) is 14.2 Å². The highest BCUT2D eigenvalue weighted by atomic mass is 32.2. The Balaban J connectivity index is 2.73. The molecule has 0 aliphatic heterocycles. The normalized spacial score (nSPS) is 11.7. The SMILES string of the molecule is COc1ccc(OC)c(S(=O)(=O)NCCCOC(C)C)c1. The molecular weight excluding hydrogens is 294 g/mol. The fourth-order valence-corrected chi connectivity index (χ4v) is 2.93. The van der Waals surface area contributed by atoms with Gasteiger partial charge >= 0.3 is 0 Å². The van der Waals surface area contributed by atoms with Crippen LogP contribution in [0.15, 0.2) is 23.1 Å². The molecule has 6 nitrogen and oxygen atoms in total. The summed E-state index contributed by atoms with van der Waals surface area (Å²) >= 11 is 0. The molecule has 0 atom stereocenters. The van der Waals surface area contributed by atoms with Crippen LogP contribution in [-0.4, -0.2) is 41.9 Å². The third-order valence-corrected chi connectivity index (χ3v) is 4.21. The molecule has 0 bridgehead atoms. The van der Waals surface area contributed by atoms with E-state index in [0.717, 1.165) is 0 Å². The van der Waals surface area contributed by atoms with E-state index in [2.05, 4.69) is 4.72 Å². The molecule has 0 amide bonds. The maximum atomic E-state index is 12.3. The molecule has 1 rings (SSSR count). The van der Waals surface area contributed by atoms with Gasteiger partial charge in [-0.3, -0.25) is 0 Å². The predicted molar refractivity (Wildman–Crippen MR) is 80.4 cm³/mol. The van der Waals surface area contributed by atoms with E-state index in [9.17, 15) is 8.42 Å². The van der Waals surface area contributed by atoms with Gasteiger partial charge in [0.1, 0.15) is 16.4 Å². The fourth-order valence-electron chi connectivity index (χ4n) is 1.67. The van der Waals surface area contributed by atoms with Gasteiger partial charge in [-0.05, 0) is 32.4 Å². The monoisotopic (exact) mass is 317 g/mol. The number of methoxy groups -OCH3 is 2. The summed E-state index contributed by atoms with van der Waals surface area (Å²) in [5.41, 5.74) is 0. The van der Waals surface area contributed by atoms with Crippen LogP contribution in [0.1, 0.15) is 20.3 Å². The number of hydrogen-bond donors (Lipinski definition) is 1. The topological polar surface area (TPSA) is 73.9 Å². The zero-order valence-corrected chi connectivity index (χ0v) is 13.7. The summed E-state index contributed by atoms with van der Waals surface area (Å²) in [6.45, 7) is 4.68. The van der Waals surface area contributed by atoms with E-state index in [1.165, 1.54) is 20.3 Å². The van der Waals surface area contributed by atoms with E-state index in [-0.39, 0.29) is 16.7 Å². The molecule has 0 aromatic heterocycles. The van der Waals surface area contributed by atoms with Crippen molar-refractivity contribution in [1.29, 1.82) is 0 Å². The standard InChI is InChI=1S/C14H23NO5S/c1-11(2)20-9-5-8-15-21(16,17)14-10-12(18-3)6-7-13(14)19-4/h6-7,10-11,15H,5,8-9H2,1-4H3. The molecule has 1 N–H and O–H groups in total. The van der Waals surface area contributed by atoms with Crippen LogP contribution in [0.2, 0.25) is 0 Å². The Hall–Kier alpha value is -1.31. The second kappa shape index (κ2) is 8.21. The lowest BCUT2D eigenvalue weighted by molar-refractivity contribution is 0.0778. The van der Waals surface area contributed by atoms with Gasteiger partial charge < -0.3 is 14.2 Å². The molecule has 0 aliphatic carbocycles. The summed E-state index contributed by atoms with van der Waals surface area (Å²) in [6, 6.07) is 4.65. The Kier molecular flexibility index (Phi) is 6.94. The van der Waals surface area contributed by atoms with Crippen molar-refractivity contribution in [3.63, 3.8) is 0 Å². The highest BCUT2D eigenvalue weighted by Gasteiger charge is 2.19. The lowest BCUT2D eigenvalue weighted by atomic mass is 10.3. The summed E-state index contributed by atoms with van der Waals surface area (Å²) in [5.74, 6) is 0.737. The minimum Gasteiger partial charge on any atom is -0.497 e. The van der Waals surface area contributed by atoms with Crippen LogP contribution in [-0.2, 0) is 14.8 Å². The first kappa shape index (κ1) is 17.7. The lowest BCUT2D eigenvalue weighted by Gasteiger charge is -2.12. The maximum absolute atomic E-state index is 12.3. The first-order chi connectivity index (χ1) is 9.90. The zero-order valence-electron chi connectivity index (χ0n) is 12.9. The molecule has 0 fully saturated rings. The zero-order chi connectivity index (χ0) is 15.9. The van der Waals surface area contributed by atoms with Gasteiger partial charge in [-0.15, -0.1) is 0 Å². The Morgan fingerprint density at radius 1 is 1.19 bits per heavy atom. The molecule has 0 aliphatic rings. The quantitative estimate of drug-likeness (QED) is 0.703. The molecule has 0 radical (unpaired) electrons. The van der Waals surface area contributed by atoms with E-state index < -0.39 is 10.0 Å². The summed E-state index contributed by atoms with van der Waals surface area (Å²) in [6.07, 6.45) is 0.740. The smallest absolute Gasteiger partial charge is 0.244 e. The van der Waals surface area contributed by atoms with Gasteiger partial charge in [0.05, 0.1) is 20.3 Å². The van der Waals surface area contributed by atoms with Crippen molar-refractivity contribution in [1.82, 2.24) is 4.72 Å². The molecule has 0 saturated carbocycles. The van der Waals surface area contributed by atoms with Crippen molar-refractivity contribution < 1.29 is 22.6 Å². The van der Waals surface area contributed by atoms with Crippen LogP contribution in [0.5, 0.6) is 11.5 Å². The molecule has 1 aromatic rings. The Labute approximate surface area is 126 Å². The number of sulfonamides is 1. The van der Waals surface area contributed by atoms with Crippen LogP contribution >= 0.6 is 0 Å². The summed E-state index contributed by atoms with van der Waals surface area (Å²) < 4.78 is 42.6. The van der Waals surface area contributed by atoms with Gasteiger partial charge in [-0.2, -0.15) is 0 Å². The first-order valence-electron chi connectivity index (χ1n) is 6.74. The van der Waals surface area contributed by atoms with Gasteiger partial charge in [0.25, 0.3) is 0 Å². The minimum atomic E-state index is -3.65. The van der Waals surface area contributed by atoms with Gasteiger partial charge in [0, 0.05) is 19.2 Å². The average molecular weight is 317 g/mol. The van der Waals surface area contributed by atoms with Gasteiger partial charge in [-0.1, -0.05) is 0 Å². The third-order valence-electron chi connectivity index (χ3n) is 2.72. The molecule has 0 unspecified atom stereocenters. The highest BCUT2D eigenvalue weighted by Crippen LogP contribution is 2.27. The lowest BCUT2D eigenvalue weighted by Crippen LogP contribution is -2.26. The first-order valence-corrected chi connectivity index (χ1v) is 8.22. The van der Waals surface area contributed by atoms with Crippen LogP contribution in [0.3, 0.4) is 0 Å². The van der Waals surface area contributed by atoms with E-state index in [1.807, 2.05) is 13.8 Å². The van der Waals surface area contributed by atoms with Crippen molar-refractivity contribution in [3.8, 4) is 11.5 Å². The molecule has 7 heteroatoms. The Morgan fingerprint density at radius 3 is 2.48 bits per heavy atom. The highest BCUT2D eigenvalue weighted by molar-refractivity contribution is 7.89. The molecule has 21 heavy (non-hydrogen) atoms. The summed E-state index contributed by atoms with van der Waals surface area (Å²) in [7, 11) is -0.738. The van der Waals surface area contributed by atoms with Crippen LogP contribution < -0.4 is 14.2 Å². The van der Waals surface area contributed by atoms with Crippen molar-refractivity contribution in [2.24, 2.45) is 0 Å². The van der Waals surface area contributed by atoms with Gasteiger partial charge in [0.15, 0.2) is 0 Å². The maximum Gasteiger partial charge on any atom is 0.244 e. The van der Waals surface area contributed by atoms with Gasteiger partial charge in [-0.25, -0.2) is 13.1 Å². The molecular formula is C14H23NO5S. The molecule has 0 spiro atoms. The number of ether oxygens (including phenoxy) is 3. The molecule has 0 heterocycles. The minimum absolute atomic E-state index is 0.0640. The van der Waals surface area contributed by atoms with Gasteiger partial charge in [0.2, 0.25) is 10.0 Å². The number of hydrogen-bond acceptors (Lipinski definition) is 5. The van der Waals surface area contributed by atoms with Crippen LogP contribution in [0, 0.1) is 0 Å². The van der Waals surface area contributed by atoms with E-state index >= 15 is 0 Å². The Morgan fingerprint density at radius 2 is 1.90 bits per heavy atom. The Bertz CT molecular complexity index is 542. The average Bonchev–Trinajstić information content (AvgIpc) is 2.45. The molecule has 1 aromatic carbocycles. The van der Waals surface area contributed by atoms with Crippen LogP contribution in [0.25, 0.3) is 0 Å². The third kappa shape index (κ3) is 5.53. The van der Waals surface area contributed by atoms with Crippen LogP contribution in [0.4, 0.5) is 0 Å². The van der Waals surface area contributed by atoms with Crippen molar-refractivity contribution in [2.75, 3.05) is 27.4 Å². The number of nitrogens with one attached hydrogen (secondary N) is 1. The van der Waals surface area contributed by atoms with E-state index in [1.54, 1.807) is 12.1 Å². The van der Waals surface area contributed by atoms with Crippen molar-refractivity contribution in [2.45, 2.75) is 31.3 Å². The molecule has 120 valence electrons. The summed E-state index contributed by atoms with van der Waals surface area (Å²) in [5, 5.41) is 0. The summed E-state index contributed by atoms with van der Waals surface area (Å²) in [4.78, 5) is 0.0640. The predicted octanol–water partition coefficient (Wildman–Crippen LogP) is 1.80.